The fourth-order valence-electron chi connectivity index (χ4n) is 3.65. The largest absolute Gasteiger partial charge is 0.466 e. The molecule has 0 aromatic heterocycles. The van der Waals surface area contributed by atoms with Crippen LogP contribution in [-0.4, -0.2) is 67.4 Å². The maximum Gasteiger partial charge on any atom is 0.313 e. The summed E-state index contributed by atoms with van der Waals surface area (Å²) >= 11 is 0. The summed E-state index contributed by atoms with van der Waals surface area (Å²) in [5.41, 5.74) is -0.133. The molecule has 0 spiro atoms. The van der Waals surface area contributed by atoms with Crippen LogP contribution in [-0.2, 0) is 23.9 Å². The van der Waals surface area contributed by atoms with Crippen LogP contribution in [0.5, 0.6) is 0 Å². The molecular formula is C22H32N2O6Si. The maximum absolute atomic E-state index is 13.4. The SMILES string of the molecule is CCOC(=O)CC(=O)CO[C@H]1N(C(C)(C)C)C(=O)[C@@]1(NC(=O)c1ccccc1)[SiH](C)C. The van der Waals surface area contributed by atoms with Crippen LogP contribution < -0.4 is 5.32 Å². The van der Waals surface area contributed by atoms with Crippen LogP contribution >= 0.6 is 0 Å². The van der Waals surface area contributed by atoms with Crippen molar-refractivity contribution in [2.24, 2.45) is 0 Å². The Balaban J connectivity index is 2.27. The van der Waals surface area contributed by atoms with Crippen molar-refractivity contribution in [3.8, 4) is 0 Å². The van der Waals surface area contributed by atoms with E-state index in [0.29, 0.717) is 5.56 Å². The smallest absolute Gasteiger partial charge is 0.313 e. The Hall–Kier alpha value is -2.52. The number of carbonyl (C=O) groups is 4. The lowest BCUT2D eigenvalue weighted by Gasteiger charge is -2.61. The average molecular weight is 449 g/mol. The first-order valence-electron chi connectivity index (χ1n) is 10.4. The highest BCUT2D eigenvalue weighted by Crippen LogP contribution is 2.40. The molecule has 0 saturated carbocycles. The van der Waals surface area contributed by atoms with Crippen molar-refractivity contribution in [1.82, 2.24) is 10.2 Å². The molecule has 1 aliphatic heterocycles. The number of Topliss-reactive ketones (excluding diaryl/α,β-unsaturated/α-hetero) is 1. The van der Waals surface area contributed by atoms with Gasteiger partial charge in [-0.3, -0.25) is 19.2 Å². The number of esters is 1. The van der Waals surface area contributed by atoms with Crippen LogP contribution in [0.25, 0.3) is 0 Å². The summed E-state index contributed by atoms with van der Waals surface area (Å²) in [6.07, 6.45) is -1.20. The molecule has 31 heavy (non-hydrogen) atoms. The quantitative estimate of drug-likeness (QED) is 0.267. The number of nitrogens with zero attached hydrogens (tertiary/aromatic N) is 1. The average Bonchev–Trinajstić information content (AvgIpc) is 2.68. The van der Waals surface area contributed by atoms with Gasteiger partial charge in [-0.2, -0.15) is 0 Å². The van der Waals surface area contributed by atoms with E-state index in [0.717, 1.165) is 0 Å². The molecule has 1 N–H and O–H groups in total. The fraction of sp³-hybridized carbons (Fsp3) is 0.545. The number of likely N-dealkylation sites (tertiary alicyclic amines) is 1. The van der Waals surface area contributed by atoms with Gasteiger partial charge in [-0.1, -0.05) is 31.3 Å². The van der Waals surface area contributed by atoms with E-state index in [1.807, 2.05) is 33.9 Å². The number of amides is 2. The van der Waals surface area contributed by atoms with Gasteiger partial charge < -0.3 is 19.7 Å². The predicted molar refractivity (Wildman–Crippen MR) is 118 cm³/mol. The molecule has 1 heterocycles. The minimum atomic E-state index is -1.87. The van der Waals surface area contributed by atoms with E-state index in [9.17, 15) is 19.2 Å². The van der Waals surface area contributed by atoms with E-state index >= 15 is 0 Å². The summed E-state index contributed by atoms with van der Waals surface area (Å²) in [4.78, 5) is 51.7. The van der Waals surface area contributed by atoms with Gasteiger partial charge in [0, 0.05) is 11.1 Å². The monoisotopic (exact) mass is 448 g/mol. The maximum atomic E-state index is 13.4. The zero-order valence-corrected chi connectivity index (χ0v) is 20.2. The molecule has 2 amide bonds. The Morgan fingerprint density at radius 2 is 1.77 bits per heavy atom. The second kappa shape index (κ2) is 9.74. The van der Waals surface area contributed by atoms with Crippen molar-refractivity contribution in [1.29, 1.82) is 0 Å². The summed E-state index contributed by atoms with van der Waals surface area (Å²) in [6, 6.07) is 8.66. The molecule has 9 heteroatoms. The summed E-state index contributed by atoms with van der Waals surface area (Å²) in [5.74, 6) is -1.64. The number of hydrogen-bond donors (Lipinski definition) is 1. The standard InChI is InChI=1S/C22H32N2O6Si/c1-7-29-17(26)13-16(25)14-30-20-22(31(5)6,19(28)24(20)21(2,3)4)23-18(27)15-11-9-8-10-12-15/h8-12,20,31H,7,13-14H2,1-6H3,(H,23,27)/t20-,22-/m1/s1. The summed E-state index contributed by atoms with van der Waals surface area (Å²) in [7, 11) is -1.87. The zero-order valence-electron chi connectivity index (χ0n) is 19.1. The topological polar surface area (TPSA) is 102 Å². The van der Waals surface area contributed by atoms with Gasteiger partial charge in [-0.25, -0.2) is 0 Å². The highest BCUT2D eigenvalue weighted by Gasteiger charge is 2.66. The van der Waals surface area contributed by atoms with Crippen molar-refractivity contribution in [2.45, 2.75) is 64.1 Å². The van der Waals surface area contributed by atoms with Crippen LogP contribution in [0.3, 0.4) is 0 Å². The van der Waals surface area contributed by atoms with Gasteiger partial charge in [0.05, 0.1) is 15.4 Å². The second-order valence-electron chi connectivity index (χ2n) is 8.87. The van der Waals surface area contributed by atoms with Crippen molar-refractivity contribution >= 4 is 32.4 Å². The molecule has 1 aromatic rings. The molecule has 1 fully saturated rings. The number of nitrogens with one attached hydrogen (secondary N) is 1. The molecule has 0 bridgehead atoms. The first-order chi connectivity index (χ1) is 14.4. The molecular weight excluding hydrogens is 416 g/mol. The van der Waals surface area contributed by atoms with Crippen LogP contribution in [0.2, 0.25) is 13.1 Å². The van der Waals surface area contributed by atoms with E-state index in [1.54, 1.807) is 42.2 Å². The lowest BCUT2D eigenvalue weighted by molar-refractivity contribution is -0.207. The molecule has 2 rings (SSSR count). The third-order valence-corrected chi connectivity index (χ3v) is 7.73. The van der Waals surface area contributed by atoms with Gasteiger partial charge in [-0.05, 0) is 39.8 Å². The summed E-state index contributed by atoms with van der Waals surface area (Å²) in [5, 5.41) is 1.75. The second-order valence-corrected chi connectivity index (χ2v) is 12.1. The van der Waals surface area contributed by atoms with Crippen LogP contribution in [0, 0.1) is 0 Å². The number of hydrogen-bond acceptors (Lipinski definition) is 6. The molecule has 170 valence electrons. The highest BCUT2D eigenvalue weighted by molar-refractivity contribution is 6.66. The third kappa shape index (κ3) is 5.22. The lowest BCUT2D eigenvalue weighted by atomic mass is 9.93. The zero-order chi connectivity index (χ0) is 23.4. The molecule has 0 unspecified atom stereocenters. The van der Waals surface area contributed by atoms with Crippen molar-refractivity contribution in [2.75, 3.05) is 13.2 Å². The minimum absolute atomic E-state index is 0.190. The third-order valence-electron chi connectivity index (χ3n) is 5.24. The van der Waals surface area contributed by atoms with Crippen molar-refractivity contribution in [3.63, 3.8) is 0 Å². The molecule has 2 atom stereocenters. The Kier molecular flexibility index (Phi) is 7.77. The Labute approximate surface area is 184 Å². The first-order valence-corrected chi connectivity index (χ1v) is 13.3. The van der Waals surface area contributed by atoms with Gasteiger partial charge in [0.25, 0.3) is 11.8 Å². The molecule has 1 aliphatic rings. The lowest BCUT2D eigenvalue weighted by Crippen LogP contribution is -2.87. The first kappa shape index (κ1) is 24.7. The van der Waals surface area contributed by atoms with Crippen molar-refractivity contribution in [3.05, 3.63) is 35.9 Å². The minimum Gasteiger partial charge on any atom is -0.466 e. The summed E-state index contributed by atoms with van der Waals surface area (Å²) < 4.78 is 10.7. The number of ketones is 1. The van der Waals surface area contributed by atoms with E-state index < -0.39 is 43.9 Å². The molecule has 0 aliphatic carbocycles. The molecule has 1 aromatic carbocycles. The van der Waals surface area contributed by atoms with Gasteiger partial charge >= 0.3 is 5.97 Å². The van der Waals surface area contributed by atoms with Gasteiger partial charge in [-0.15, -0.1) is 0 Å². The number of benzene rings is 1. The Morgan fingerprint density at radius 1 is 1.16 bits per heavy atom. The summed E-state index contributed by atoms with van der Waals surface area (Å²) in [6.45, 7) is 11.0. The fourth-order valence-corrected chi connectivity index (χ4v) is 5.52. The van der Waals surface area contributed by atoms with E-state index in [4.69, 9.17) is 9.47 Å². The van der Waals surface area contributed by atoms with Crippen LogP contribution in [0.1, 0.15) is 44.5 Å². The van der Waals surface area contributed by atoms with E-state index in [2.05, 4.69) is 5.32 Å². The number of ether oxygens (including phenoxy) is 2. The Morgan fingerprint density at radius 3 is 2.29 bits per heavy atom. The molecule has 1 saturated heterocycles. The van der Waals surface area contributed by atoms with E-state index in [-0.39, 0.29) is 25.0 Å². The van der Waals surface area contributed by atoms with Crippen molar-refractivity contribution < 1.29 is 28.7 Å². The van der Waals surface area contributed by atoms with Gasteiger partial charge in [0.1, 0.15) is 18.2 Å². The normalized spacial score (nSPS) is 20.9. The number of β-lactam (4-membered cyclic amide) rings is 1. The predicted octanol–water partition coefficient (Wildman–Crippen LogP) is 1.69. The highest BCUT2D eigenvalue weighted by atomic mass is 28.3. The van der Waals surface area contributed by atoms with Crippen LogP contribution in [0.4, 0.5) is 0 Å². The molecule has 8 nitrogen and oxygen atoms in total. The Bertz CT molecular complexity index is 836. The van der Waals surface area contributed by atoms with E-state index in [1.165, 1.54) is 0 Å². The van der Waals surface area contributed by atoms with Crippen LogP contribution in [0.15, 0.2) is 30.3 Å². The van der Waals surface area contributed by atoms with Gasteiger partial charge in [0.15, 0.2) is 12.0 Å². The number of rotatable bonds is 9. The van der Waals surface area contributed by atoms with Gasteiger partial charge in [0.2, 0.25) is 0 Å². The molecule has 0 radical (unpaired) electrons. The number of carbonyl (C=O) groups excluding carboxylic acids is 4.